The summed E-state index contributed by atoms with van der Waals surface area (Å²) in [6.45, 7) is 0. The highest BCUT2D eigenvalue weighted by Gasteiger charge is 2.37. The Balaban J connectivity index is 1.65. The van der Waals surface area contributed by atoms with Gasteiger partial charge in [-0.15, -0.1) is 0 Å². The maximum atomic E-state index is 6.75. The molecule has 1 aliphatic rings. The summed E-state index contributed by atoms with van der Waals surface area (Å²) in [5.41, 5.74) is 5.65. The van der Waals surface area contributed by atoms with Gasteiger partial charge in [-0.25, -0.2) is 0 Å². The van der Waals surface area contributed by atoms with Crippen molar-refractivity contribution in [3.63, 3.8) is 0 Å². The number of rotatable bonds is 7. The number of hydrogen-bond donors (Lipinski definition) is 0. The Bertz CT molecular complexity index is 1310. The predicted molar refractivity (Wildman–Crippen MR) is 142 cm³/mol. The van der Waals surface area contributed by atoms with Crippen LogP contribution in [0.5, 0.6) is 11.5 Å². The van der Waals surface area contributed by atoms with Crippen LogP contribution in [0.15, 0.2) is 115 Å². The summed E-state index contributed by atoms with van der Waals surface area (Å²) >= 11 is 0. The third-order valence-electron chi connectivity index (χ3n) is 6.33. The van der Waals surface area contributed by atoms with Crippen LogP contribution in [0.2, 0.25) is 0 Å². The van der Waals surface area contributed by atoms with E-state index in [1.807, 2.05) is 42.5 Å². The molecule has 0 spiro atoms. The molecule has 0 aliphatic carbocycles. The fourth-order valence-electron chi connectivity index (χ4n) is 4.56. The zero-order valence-corrected chi connectivity index (χ0v) is 19.9. The lowest BCUT2D eigenvalue weighted by Gasteiger charge is -2.19. The van der Waals surface area contributed by atoms with Gasteiger partial charge >= 0.3 is 0 Å². The Morgan fingerprint density at radius 2 is 1.17 bits per heavy atom. The second-order valence-corrected chi connectivity index (χ2v) is 8.44. The van der Waals surface area contributed by atoms with Crippen LogP contribution in [0.1, 0.15) is 28.2 Å². The largest absolute Gasteiger partial charge is 0.497 e. The van der Waals surface area contributed by atoms with Crippen molar-refractivity contribution >= 4 is 17.4 Å². The monoisotopic (exact) mass is 460 g/mol. The van der Waals surface area contributed by atoms with Crippen molar-refractivity contribution in [2.75, 3.05) is 14.2 Å². The van der Waals surface area contributed by atoms with Gasteiger partial charge < -0.3 is 14.2 Å². The molecule has 174 valence electrons. The maximum Gasteiger partial charge on any atom is 0.132 e. The topological polar surface area (TPSA) is 27.7 Å². The van der Waals surface area contributed by atoms with Gasteiger partial charge in [0.15, 0.2) is 0 Å². The minimum absolute atomic E-state index is 0.0293. The van der Waals surface area contributed by atoms with Crippen LogP contribution >= 0.6 is 0 Å². The fraction of sp³-hybridized carbons (Fsp3) is 0.125. The first-order valence-electron chi connectivity index (χ1n) is 11.7. The van der Waals surface area contributed by atoms with Crippen LogP contribution in [-0.4, -0.2) is 20.3 Å². The SMILES string of the molecule is COc1ccc(C2=C(c3ccc(OC)cc3)C(c3ccccc3)C(/C=C/c3ccccc3)O2)cc1. The van der Waals surface area contributed by atoms with E-state index in [-0.39, 0.29) is 12.0 Å². The van der Waals surface area contributed by atoms with Crippen LogP contribution in [0.4, 0.5) is 0 Å². The van der Waals surface area contributed by atoms with Gasteiger partial charge in [0.2, 0.25) is 0 Å². The summed E-state index contributed by atoms with van der Waals surface area (Å²) in [5, 5.41) is 0. The van der Waals surface area contributed by atoms with Crippen molar-refractivity contribution in [2.45, 2.75) is 12.0 Å². The Labute approximate surface area is 206 Å². The van der Waals surface area contributed by atoms with Crippen molar-refractivity contribution in [1.82, 2.24) is 0 Å². The highest BCUT2D eigenvalue weighted by Crippen LogP contribution is 2.49. The Kier molecular flexibility index (Phi) is 6.67. The third-order valence-corrected chi connectivity index (χ3v) is 6.33. The smallest absolute Gasteiger partial charge is 0.132 e. The van der Waals surface area contributed by atoms with E-state index in [0.717, 1.165) is 39.5 Å². The van der Waals surface area contributed by atoms with Crippen molar-refractivity contribution in [3.8, 4) is 11.5 Å². The number of methoxy groups -OCH3 is 2. The molecule has 4 aromatic carbocycles. The first kappa shape index (κ1) is 22.5. The van der Waals surface area contributed by atoms with Gasteiger partial charge in [-0.3, -0.25) is 0 Å². The Hall–Kier alpha value is -4.24. The summed E-state index contributed by atoms with van der Waals surface area (Å²) in [6, 6.07) is 37.2. The lowest BCUT2D eigenvalue weighted by Crippen LogP contribution is -2.14. The number of hydrogen-bond acceptors (Lipinski definition) is 3. The van der Waals surface area contributed by atoms with Gasteiger partial charge in [0.1, 0.15) is 23.4 Å². The molecule has 0 bridgehead atoms. The van der Waals surface area contributed by atoms with E-state index in [1.165, 1.54) is 5.56 Å². The van der Waals surface area contributed by atoms with Gasteiger partial charge in [-0.05, 0) is 59.2 Å². The molecule has 35 heavy (non-hydrogen) atoms. The molecule has 0 fully saturated rings. The average Bonchev–Trinajstić information content (AvgIpc) is 3.32. The van der Waals surface area contributed by atoms with Gasteiger partial charge in [0.25, 0.3) is 0 Å². The van der Waals surface area contributed by atoms with Gasteiger partial charge in [-0.2, -0.15) is 0 Å². The second kappa shape index (κ2) is 10.4. The van der Waals surface area contributed by atoms with Crippen LogP contribution < -0.4 is 9.47 Å². The van der Waals surface area contributed by atoms with E-state index < -0.39 is 0 Å². The van der Waals surface area contributed by atoms with Gasteiger partial charge in [0, 0.05) is 11.1 Å². The van der Waals surface area contributed by atoms with Crippen molar-refractivity contribution in [2.24, 2.45) is 0 Å². The molecular weight excluding hydrogens is 432 g/mol. The van der Waals surface area contributed by atoms with Crippen LogP contribution in [0.3, 0.4) is 0 Å². The third kappa shape index (κ3) is 4.85. The van der Waals surface area contributed by atoms with Crippen molar-refractivity contribution < 1.29 is 14.2 Å². The minimum Gasteiger partial charge on any atom is -0.497 e. The zero-order chi connectivity index (χ0) is 24.0. The molecular formula is C32H28O3. The summed E-state index contributed by atoms with van der Waals surface area (Å²) < 4.78 is 17.6. The Morgan fingerprint density at radius 3 is 1.74 bits per heavy atom. The number of benzene rings is 4. The standard InChI is InChI=1S/C32H28O3/c1-33-27-18-14-25(15-19-27)31-30(24-11-7-4-8-12-24)29(22-13-23-9-5-3-6-10-23)35-32(31)26-16-20-28(34-2)21-17-26/h3-22,29-30H,1-2H3/b22-13+. The molecule has 3 heteroatoms. The molecule has 1 heterocycles. The summed E-state index contributed by atoms with van der Waals surface area (Å²) in [7, 11) is 3.37. The number of ether oxygens (including phenoxy) is 3. The summed E-state index contributed by atoms with van der Waals surface area (Å²) in [4.78, 5) is 0. The van der Waals surface area contributed by atoms with E-state index in [4.69, 9.17) is 14.2 Å². The van der Waals surface area contributed by atoms with Crippen LogP contribution in [-0.2, 0) is 4.74 Å². The molecule has 0 radical (unpaired) electrons. The minimum atomic E-state index is -0.160. The predicted octanol–water partition coefficient (Wildman–Crippen LogP) is 7.47. The van der Waals surface area contributed by atoms with E-state index in [9.17, 15) is 0 Å². The molecule has 0 saturated carbocycles. The molecule has 0 saturated heterocycles. The molecule has 0 aromatic heterocycles. The van der Waals surface area contributed by atoms with E-state index in [2.05, 4.69) is 78.9 Å². The molecule has 0 N–H and O–H groups in total. The molecule has 4 aromatic rings. The van der Waals surface area contributed by atoms with Crippen molar-refractivity contribution in [3.05, 3.63) is 138 Å². The molecule has 0 amide bonds. The van der Waals surface area contributed by atoms with E-state index in [0.29, 0.717) is 0 Å². The highest BCUT2D eigenvalue weighted by molar-refractivity contribution is 5.94. The molecule has 2 atom stereocenters. The Morgan fingerprint density at radius 1 is 0.629 bits per heavy atom. The van der Waals surface area contributed by atoms with E-state index >= 15 is 0 Å². The normalized spacial score (nSPS) is 17.4. The lowest BCUT2D eigenvalue weighted by molar-refractivity contribution is 0.223. The first-order valence-corrected chi connectivity index (χ1v) is 11.7. The van der Waals surface area contributed by atoms with E-state index in [1.54, 1.807) is 14.2 Å². The quantitative estimate of drug-likeness (QED) is 0.286. The zero-order valence-electron chi connectivity index (χ0n) is 19.9. The van der Waals surface area contributed by atoms with Gasteiger partial charge in [-0.1, -0.05) is 78.9 Å². The maximum absolute atomic E-state index is 6.75. The van der Waals surface area contributed by atoms with Gasteiger partial charge in [0.05, 0.1) is 20.1 Å². The summed E-state index contributed by atoms with van der Waals surface area (Å²) in [5.74, 6) is 2.56. The first-order chi connectivity index (χ1) is 17.3. The van der Waals surface area contributed by atoms with Crippen molar-refractivity contribution in [1.29, 1.82) is 0 Å². The van der Waals surface area contributed by atoms with Crippen LogP contribution in [0, 0.1) is 0 Å². The molecule has 2 unspecified atom stereocenters. The summed E-state index contributed by atoms with van der Waals surface area (Å²) in [6.07, 6.45) is 4.16. The second-order valence-electron chi connectivity index (χ2n) is 8.44. The lowest BCUT2D eigenvalue weighted by atomic mass is 9.83. The molecule has 5 rings (SSSR count). The fourth-order valence-corrected chi connectivity index (χ4v) is 4.56. The molecule has 3 nitrogen and oxygen atoms in total. The average molecular weight is 461 g/mol. The molecule has 1 aliphatic heterocycles. The highest BCUT2D eigenvalue weighted by atomic mass is 16.5. The van der Waals surface area contributed by atoms with Crippen LogP contribution in [0.25, 0.3) is 17.4 Å².